The Labute approximate surface area is 181 Å². The average molecular weight is 523 g/mol. The van der Waals surface area contributed by atoms with Crippen LogP contribution in [0.5, 0.6) is 0 Å². The lowest BCUT2D eigenvalue weighted by atomic mass is 9.87. The van der Waals surface area contributed by atoms with Gasteiger partial charge in [0.1, 0.15) is 0 Å². The zero-order valence-electron chi connectivity index (χ0n) is 14.9. The zero-order chi connectivity index (χ0) is 25.0. The normalized spacial score (nSPS) is 14.6. The molecule has 0 heterocycles. The van der Waals surface area contributed by atoms with Gasteiger partial charge in [-0.1, -0.05) is 47.5 Å². The van der Waals surface area contributed by atoms with E-state index in [2.05, 4.69) is 0 Å². The van der Waals surface area contributed by atoms with E-state index < -0.39 is 46.7 Å². The summed E-state index contributed by atoms with van der Waals surface area (Å²) in [5.41, 5.74) is -4.01. The van der Waals surface area contributed by atoms with Gasteiger partial charge in [0.2, 0.25) is 0 Å². The van der Waals surface area contributed by atoms with E-state index in [1.165, 1.54) is 0 Å². The third-order valence-electron chi connectivity index (χ3n) is 4.39. The van der Waals surface area contributed by atoms with Gasteiger partial charge in [0.05, 0.1) is 0 Å². The minimum Gasteiger partial charge on any atom is -0.194 e. The van der Waals surface area contributed by atoms with E-state index in [0.717, 1.165) is 0 Å². The third kappa shape index (κ3) is 3.68. The van der Waals surface area contributed by atoms with Crippen LogP contribution in [-0.2, 0) is 11.8 Å². The fourth-order valence-corrected chi connectivity index (χ4v) is 2.72. The van der Waals surface area contributed by atoms with Gasteiger partial charge in [-0.05, 0) is 24.3 Å². The van der Waals surface area contributed by atoms with Gasteiger partial charge >= 0.3 is 35.5 Å². The monoisotopic (exact) mass is 522 g/mol. The van der Waals surface area contributed by atoms with Crippen LogP contribution in [0.3, 0.4) is 0 Å². The van der Waals surface area contributed by atoms with Crippen molar-refractivity contribution >= 4 is 23.2 Å². The fraction of sp³-hybridized carbons (Fsp3) is 0.333. The number of rotatable bonds is 7. The second kappa shape index (κ2) is 7.89. The molecule has 2 aromatic carbocycles. The van der Waals surface area contributed by atoms with Gasteiger partial charge in [0.15, 0.2) is 0 Å². The van der Waals surface area contributed by atoms with Crippen molar-refractivity contribution in [2.45, 2.75) is 35.5 Å². The van der Waals surface area contributed by atoms with Crippen LogP contribution >= 0.6 is 23.2 Å². The smallest absolute Gasteiger partial charge is 0.194 e. The van der Waals surface area contributed by atoms with Crippen molar-refractivity contribution in [1.29, 1.82) is 0 Å². The zero-order valence-corrected chi connectivity index (χ0v) is 16.4. The van der Waals surface area contributed by atoms with E-state index in [1.807, 2.05) is 0 Å². The second-order valence-corrected chi connectivity index (χ2v) is 7.33. The summed E-state index contributed by atoms with van der Waals surface area (Å²) in [7, 11) is 0. The van der Waals surface area contributed by atoms with Crippen LogP contribution < -0.4 is 0 Å². The molecule has 0 aromatic heterocycles. The Bertz CT molecular complexity index is 873. The predicted molar refractivity (Wildman–Crippen MR) is 90.5 cm³/mol. The van der Waals surface area contributed by atoms with Crippen LogP contribution in [-0.4, -0.2) is 23.7 Å². The lowest BCUT2D eigenvalue weighted by molar-refractivity contribution is -0.429. The van der Waals surface area contributed by atoms with Gasteiger partial charge in [0, 0.05) is 21.2 Å². The molecule has 0 radical (unpaired) electrons. The molecule has 0 aliphatic carbocycles. The van der Waals surface area contributed by atoms with Crippen molar-refractivity contribution < 1.29 is 52.7 Å². The fourth-order valence-electron chi connectivity index (χ4n) is 2.47. The van der Waals surface area contributed by atoms with Gasteiger partial charge in [-0.3, -0.25) is 0 Å². The van der Waals surface area contributed by atoms with E-state index in [4.69, 9.17) is 23.2 Å². The number of benzene rings is 2. The maximum absolute atomic E-state index is 14.1. The molecule has 0 aliphatic heterocycles. The standard InChI is InChI=1S/C18H8Cl2F12/c19-11-5-1-9(2-6-11)13(21,22)15(25,26)17(29,30)18(31,32)16(27,28)14(23,24)10-3-7-12(20)8-4-10/h1-8H. The van der Waals surface area contributed by atoms with Crippen molar-refractivity contribution in [3.8, 4) is 0 Å². The van der Waals surface area contributed by atoms with Gasteiger partial charge in [0.25, 0.3) is 0 Å². The van der Waals surface area contributed by atoms with E-state index in [9.17, 15) is 52.7 Å². The molecule has 0 N–H and O–H groups in total. The Balaban J connectivity index is 2.60. The van der Waals surface area contributed by atoms with Gasteiger partial charge in [-0.2, -0.15) is 52.7 Å². The molecule has 32 heavy (non-hydrogen) atoms. The summed E-state index contributed by atoms with van der Waals surface area (Å²) in [6, 6.07) is 2.19. The summed E-state index contributed by atoms with van der Waals surface area (Å²) in [6.07, 6.45) is 0. The Morgan fingerprint density at radius 2 is 0.594 bits per heavy atom. The first kappa shape index (κ1) is 26.4. The van der Waals surface area contributed by atoms with Crippen LogP contribution in [0.15, 0.2) is 48.5 Å². The van der Waals surface area contributed by atoms with E-state index in [-0.39, 0.29) is 34.3 Å². The molecule has 0 saturated carbocycles. The first-order valence-corrected chi connectivity index (χ1v) is 8.79. The summed E-state index contributed by atoms with van der Waals surface area (Å²) in [5, 5.41) is -0.696. The molecular weight excluding hydrogens is 515 g/mol. The van der Waals surface area contributed by atoms with Crippen LogP contribution in [0.25, 0.3) is 0 Å². The quantitative estimate of drug-likeness (QED) is 0.320. The minimum absolute atomic E-state index is 0.0466. The summed E-state index contributed by atoms with van der Waals surface area (Å²) >= 11 is 10.7. The maximum atomic E-state index is 14.1. The van der Waals surface area contributed by atoms with Crippen molar-refractivity contribution in [3.05, 3.63) is 69.7 Å². The van der Waals surface area contributed by atoms with Gasteiger partial charge in [-0.15, -0.1) is 0 Å². The average Bonchev–Trinajstić information content (AvgIpc) is 2.67. The number of hydrogen-bond acceptors (Lipinski definition) is 0. The molecule has 178 valence electrons. The molecule has 2 rings (SSSR count). The number of alkyl halides is 12. The highest BCUT2D eigenvalue weighted by Gasteiger charge is 2.90. The highest BCUT2D eigenvalue weighted by atomic mass is 35.5. The van der Waals surface area contributed by atoms with E-state index in [0.29, 0.717) is 24.3 Å². The molecular formula is C18H8Cl2F12. The Morgan fingerprint density at radius 3 is 0.812 bits per heavy atom. The number of halogens is 14. The summed E-state index contributed by atoms with van der Waals surface area (Å²) in [6.45, 7) is 0. The first-order chi connectivity index (χ1) is 14.2. The Morgan fingerprint density at radius 1 is 0.375 bits per heavy atom. The lowest BCUT2D eigenvalue weighted by Gasteiger charge is -2.41. The molecule has 0 unspecified atom stereocenters. The first-order valence-electron chi connectivity index (χ1n) is 8.04. The third-order valence-corrected chi connectivity index (χ3v) is 4.89. The summed E-state index contributed by atoms with van der Waals surface area (Å²) < 4.78 is 168. The van der Waals surface area contributed by atoms with Crippen molar-refractivity contribution in [1.82, 2.24) is 0 Å². The molecule has 0 spiro atoms. The predicted octanol–water partition coefficient (Wildman–Crippen LogP) is 8.42. The van der Waals surface area contributed by atoms with Crippen LogP contribution in [0, 0.1) is 0 Å². The SMILES string of the molecule is FC(F)(c1ccc(Cl)cc1)C(F)(F)C(F)(F)C(F)(F)C(F)(F)C(F)(F)c1ccc(Cl)cc1. The van der Waals surface area contributed by atoms with Gasteiger partial charge < -0.3 is 0 Å². The van der Waals surface area contributed by atoms with Crippen LogP contribution in [0.2, 0.25) is 10.0 Å². The molecule has 0 nitrogen and oxygen atoms in total. The van der Waals surface area contributed by atoms with E-state index >= 15 is 0 Å². The molecule has 14 heteroatoms. The number of hydrogen-bond donors (Lipinski definition) is 0. The molecule has 0 saturated heterocycles. The van der Waals surface area contributed by atoms with Crippen molar-refractivity contribution in [3.63, 3.8) is 0 Å². The van der Waals surface area contributed by atoms with Crippen molar-refractivity contribution in [2.24, 2.45) is 0 Å². The molecule has 0 atom stereocenters. The topological polar surface area (TPSA) is 0 Å². The molecule has 0 aliphatic rings. The summed E-state index contributed by atoms with van der Waals surface area (Å²) in [4.78, 5) is 0. The maximum Gasteiger partial charge on any atom is 0.385 e. The minimum atomic E-state index is -7.66. The largest absolute Gasteiger partial charge is 0.385 e. The summed E-state index contributed by atoms with van der Waals surface area (Å²) in [5.74, 6) is -42.2. The second-order valence-electron chi connectivity index (χ2n) is 6.46. The van der Waals surface area contributed by atoms with Gasteiger partial charge in [-0.25, -0.2) is 0 Å². The molecule has 0 amide bonds. The van der Waals surface area contributed by atoms with Crippen LogP contribution in [0.1, 0.15) is 11.1 Å². The van der Waals surface area contributed by atoms with E-state index in [1.54, 1.807) is 0 Å². The van der Waals surface area contributed by atoms with Crippen LogP contribution in [0.4, 0.5) is 52.7 Å². The van der Waals surface area contributed by atoms with Crippen molar-refractivity contribution in [2.75, 3.05) is 0 Å². The highest BCUT2D eigenvalue weighted by Crippen LogP contribution is 2.63. The molecule has 2 aromatic rings. The highest BCUT2D eigenvalue weighted by molar-refractivity contribution is 6.30. The molecule has 0 fully saturated rings. The molecule has 0 bridgehead atoms. The Hall–Kier alpha value is -1.82. The Kier molecular flexibility index (Phi) is 6.52. The lowest BCUT2D eigenvalue weighted by Crippen LogP contribution is -2.69.